The predicted molar refractivity (Wildman–Crippen MR) is 95.0 cm³/mol. The van der Waals surface area contributed by atoms with E-state index in [0.29, 0.717) is 29.4 Å². The monoisotopic (exact) mass is 357 g/mol. The average molecular weight is 357 g/mol. The topological polar surface area (TPSA) is 85.1 Å². The van der Waals surface area contributed by atoms with Crippen LogP contribution in [0.2, 0.25) is 0 Å². The molecule has 0 aliphatic carbocycles. The number of nitrogens with zero attached hydrogens (tertiary/aromatic N) is 2. The second-order valence-corrected chi connectivity index (χ2v) is 7.59. The molecule has 0 saturated heterocycles. The maximum Gasteiger partial charge on any atom is 0.262 e. The van der Waals surface area contributed by atoms with E-state index in [0.717, 1.165) is 11.1 Å². The van der Waals surface area contributed by atoms with Crippen molar-refractivity contribution in [3.05, 3.63) is 70.9 Å². The molecule has 1 heterocycles. The molecular weight excluding hydrogens is 338 g/mol. The van der Waals surface area contributed by atoms with Crippen LogP contribution in [0, 0.1) is 20.8 Å². The van der Waals surface area contributed by atoms with Crippen molar-refractivity contribution in [3.8, 4) is 0 Å². The summed E-state index contributed by atoms with van der Waals surface area (Å²) in [5.74, 6) is 0.985. The summed E-state index contributed by atoms with van der Waals surface area (Å²) >= 11 is 0. The van der Waals surface area contributed by atoms with E-state index in [9.17, 15) is 8.42 Å². The van der Waals surface area contributed by atoms with Crippen LogP contribution in [-0.2, 0) is 16.4 Å². The fraction of sp³-hybridized carbons (Fsp3) is 0.222. The van der Waals surface area contributed by atoms with Gasteiger partial charge in [-0.1, -0.05) is 41.1 Å². The van der Waals surface area contributed by atoms with Crippen LogP contribution < -0.4 is 4.72 Å². The van der Waals surface area contributed by atoms with E-state index in [4.69, 9.17) is 4.52 Å². The zero-order valence-corrected chi connectivity index (χ0v) is 15.1. The van der Waals surface area contributed by atoms with E-state index < -0.39 is 10.0 Å². The number of hydrogen-bond acceptors (Lipinski definition) is 5. The Hall–Kier alpha value is -2.67. The third kappa shape index (κ3) is 3.88. The van der Waals surface area contributed by atoms with Gasteiger partial charge in [0.15, 0.2) is 5.82 Å². The Labute approximate surface area is 147 Å². The summed E-state index contributed by atoms with van der Waals surface area (Å²) in [6, 6.07) is 12.4. The number of anilines is 1. The van der Waals surface area contributed by atoms with E-state index in [1.807, 2.05) is 25.1 Å². The SMILES string of the molecule is Cc1ccc(S(=O)(=O)Nc2ccccc2Cc2nc(C)no2)c(C)c1. The van der Waals surface area contributed by atoms with Crippen molar-refractivity contribution < 1.29 is 12.9 Å². The molecule has 0 spiro atoms. The van der Waals surface area contributed by atoms with Gasteiger partial charge in [0.1, 0.15) is 0 Å². The van der Waals surface area contributed by atoms with Gasteiger partial charge in [-0.2, -0.15) is 4.98 Å². The minimum atomic E-state index is -3.69. The van der Waals surface area contributed by atoms with Crippen LogP contribution in [0.15, 0.2) is 51.9 Å². The van der Waals surface area contributed by atoms with Crippen molar-refractivity contribution in [1.82, 2.24) is 10.1 Å². The molecule has 0 aliphatic rings. The lowest BCUT2D eigenvalue weighted by Gasteiger charge is -2.13. The number of hydrogen-bond donors (Lipinski definition) is 1. The number of aromatic nitrogens is 2. The van der Waals surface area contributed by atoms with Gasteiger partial charge in [-0.15, -0.1) is 0 Å². The molecule has 1 N–H and O–H groups in total. The van der Waals surface area contributed by atoms with E-state index in [-0.39, 0.29) is 4.90 Å². The molecule has 2 aromatic carbocycles. The molecule has 0 radical (unpaired) electrons. The summed E-state index contributed by atoms with van der Waals surface area (Å²) in [5, 5.41) is 3.76. The zero-order chi connectivity index (χ0) is 18.0. The van der Waals surface area contributed by atoms with Crippen molar-refractivity contribution in [2.24, 2.45) is 0 Å². The lowest BCUT2D eigenvalue weighted by Crippen LogP contribution is -2.15. The fourth-order valence-corrected chi connectivity index (χ4v) is 3.98. The number of sulfonamides is 1. The molecular formula is C18H19N3O3S. The molecule has 0 bridgehead atoms. The van der Waals surface area contributed by atoms with Crippen LogP contribution in [0.4, 0.5) is 5.69 Å². The first-order valence-electron chi connectivity index (χ1n) is 7.82. The minimum Gasteiger partial charge on any atom is -0.339 e. The van der Waals surface area contributed by atoms with Gasteiger partial charge < -0.3 is 4.52 Å². The summed E-state index contributed by atoms with van der Waals surface area (Å²) in [5.41, 5.74) is 2.99. The third-order valence-electron chi connectivity index (χ3n) is 3.79. The van der Waals surface area contributed by atoms with Gasteiger partial charge in [-0.3, -0.25) is 4.72 Å². The highest BCUT2D eigenvalue weighted by Crippen LogP contribution is 2.24. The Morgan fingerprint density at radius 1 is 1.08 bits per heavy atom. The Morgan fingerprint density at radius 3 is 2.52 bits per heavy atom. The normalized spacial score (nSPS) is 11.5. The molecule has 130 valence electrons. The largest absolute Gasteiger partial charge is 0.339 e. The van der Waals surface area contributed by atoms with E-state index in [2.05, 4.69) is 14.9 Å². The second-order valence-electron chi connectivity index (χ2n) is 5.94. The van der Waals surface area contributed by atoms with Gasteiger partial charge in [0.05, 0.1) is 17.0 Å². The van der Waals surface area contributed by atoms with Crippen molar-refractivity contribution in [1.29, 1.82) is 0 Å². The molecule has 0 aliphatic heterocycles. The first-order valence-corrected chi connectivity index (χ1v) is 9.30. The lowest BCUT2D eigenvalue weighted by molar-refractivity contribution is 0.381. The molecule has 1 aromatic heterocycles. The smallest absolute Gasteiger partial charge is 0.262 e. The van der Waals surface area contributed by atoms with Crippen LogP contribution in [0.25, 0.3) is 0 Å². The molecule has 6 nitrogen and oxygen atoms in total. The standard InChI is InChI=1S/C18H19N3O3S/c1-12-8-9-17(13(2)10-12)25(22,23)21-16-7-5-4-6-15(16)11-18-19-14(3)20-24-18/h4-10,21H,11H2,1-3H3. The van der Waals surface area contributed by atoms with Crippen LogP contribution in [0.3, 0.4) is 0 Å². The first-order chi connectivity index (χ1) is 11.8. The average Bonchev–Trinajstić information content (AvgIpc) is 2.93. The van der Waals surface area contributed by atoms with Crippen molar-refractivity contribution >= 4 is 15.7 Å². The molecule has 3 rings (SSSR count). The van der Waals surface area contributed by atoms with Gasteiger partial charge in [0.2, 0.25) is 5.89 Å². The Morgan fingerprint density at radius 2 is 1.84 bits per heavy atom. The maximum atomic E-state index is 12.8. The third-order valence-corrected chi connectivity index (χ3v) is 5.32. The quantitative estimate of drug-likeness (QED) is 0.756. The van der Waals surface area contributed by atoms with Crippen molar-refractivity contribution in [2.45, 2.75) is 32.1 Å². The molecule has 7 heteroatoms. The van der Waals surface area contributed by atoms with Gasteiger partial charge in [0.25, 0.3) is 10.0 Å². The summed E-state index contributed by atoms with van der Waals surface area (Å²) in [6.07, 6.45) is 0.354. The van der Waals surface area contributed by atoms with Crippen molar-refractivity contribution in [3.63, 3.8) is 0 Å². The first kappa shape index (κ1) is 17.2. The van der Waals surface area contributed by atoms with E-state index in [1.54, 1.807) is 38.1 Å². The highest BCUT2D eigenvalue weighted by molar-refractivity contribution is 7.92. The highest BCUT2D eigenvalue weighted by Gasteiger charge is 2.19. The van der Waals surface area contributed by atoms with Gasteiger partial charge in [-0.05, 0) is 44.0 Å². The second kappa shape index (κ2) is 6.68. The Balaban J connectivity index is 1.92. The fourth-order valence-electron chi connectivity index (χ4n) is 2.65. The summed E-state index contributed by atoms with van der Waals surface area (Å²) in [6.45, 7) is 5.45. The van der Waals surface area contributed by atoms with Gasteiger partial charge in [0, 0.05) is 0 Å². The van der Waals surface area contributed by atoms with E-state index in [1.165, 1.54) is 0 Å². The van der Waals surface area contributed by atoms with Crippen LogP contribution in [-0.4, -0.2) is 18.6 Å². The molecule has 0 atom stereocenters. The molecule has 0 amide bonds. The van der Waals surface area contributed by atoms with Crippen molar-refractivity contribution in [2.75, 3.05) is 4.72 Å². The number of para-hydroxylation sites is 1. The molecule has 3 aromatic rings. The van der Waals surface area contributed by atoms with Crippen LogP contribution in [0.1, 0.15) is 28.4 Å². The van der Waals surface area contributed by atoms with Gasteiger partial charge >= 0.3 is 0 Å². The molecule has 25 heavy (non-hydrogen) atoms. The van der Waals surface area contributed by atoms with Crippen LogP contribution >= 0.6 is 0 Å². The summed E-state index contributed by atoms with van der Waals surface area (Å²) < 4.78 is 33.4. The highest BCUT2D eigenvalue weighted by atomic mass is 32.2. The minimum absolute atomic E-state index is 0.265. The predicted octanol–water partition coefficient (Wildman–Crippen LogP) is 3.39. The molecule has 0 unspecified atom stereocenters. The number of aryl methyl sites for hydroxylation is 3. The summed E-state index contributed by atoms with van der Waals surface area (Å²) in [4.78, 5) is 4.44. The van der Waals surface area contributed by atoms with E-state index >= 15 is 0 Å². The Bertz CT molecular complexity index is 1010. The lowest BCUT2D eigenvalue weighted by atomic mass is 10.1. The summed E-state index contributed by atoms with van der Waals surface area (Å²) in [7, 11) is -3.69. The van der Waals surface area contributed by atoms with Crippen LogP contribution in [0.5, 0.6) is 0 Å². The maximum absolute atomic E-state index is 12.8. The molecule has 0 saturated carbocycles. The number of benzene rings is 2. The Kier molecular flexibility index (Phi) is 4.59. The number of rotatable bonds is 5. The molecule has 0 fully saturated rings. The van der Waals surface area contributed by atoms with Gasteiger partial charge in [-0.25, -0.2) is 8.42 Å². The zero-order valence-electron chi connectivity index (χ0n) is 14.3. The number of nitrogens with one attached hydrogen (secondary N) is 1.